The highest BCUT2D eigenvalue weighted by Gasteiger charge is 2.24. The lowest BCUT2D eigenvalue weighted by Gasteiger charge is -2.35. The van der Waals surface area contributed by atoms with Crippen molar-refractivity contribution in [2.45, 2.75) is 25.7 Å². The Kier molecular flexibility index (Phi) is 7.14. The standard InChI is InChI=1S/C23H32N6O3/c1-31-19-9-7-8-18(22(19)32-2)24-23(30)29-16-14-28(15-17-29)21-11-10-20(25-26-21)27-12-5-3-4-6-13-27/h7-11H,3-6,12-17H2,1-2H3,(H,24,30). The second-order valence-electron chi connectivity index (χ2n) is 8.10. The SMILES string of the molecule is COc1cccc(NC(=O)N2CCN(c3ccc(N4CCCCCC4)nn3)CC2)c1OC. The fourth-order valence-corrected chi connectivity index (χ4v) is 4.27. The number of anilines is 3. The fourth-order valence-electron chi connectivity index (χ4n) is 4.27. The van der Waals surface area contributed by atoms with Crippen LogP contribution in [0.4, 0.5) is 22.1 Å². The van der Waals surface area contributed by atoms with Crippen LogP contribution in [0.15, 0.2) is 30.3 Å². The number of nitrogens with zero attached hydrogens (tertiary/aromatic N) is 5. The predicted octanol–water partition coefficient (Wildman–Crippen LogP) is 3.23. The summed E-state index contributed by atoms with van der Waals surface area (Å²) >= 11 is 0. The number of ether oxygens (including phenoxy) is 2. The van der Waals surface area contributed by atoms with Gasteiger partial charge >= 0.3 is 6.03 Å². The minimum atomic E-state index is -0.154. The van der Waals surface area contributed by atoms with Gasteiger partial charge in [0.15, 0.2) is 23.1 Å². The van der Waals surface area contributed by atoms with E-state index < -0.39 is 0 Å². The van der Waals surface area contributed by atoms with Crippen LogP contribution in [0.2, 0.25) is 0 Å². The third-order valence-electron chi connectivity index (χ3n) is 6.10. The molecule has 0 aliphatic carbocycles. The molecule has 2 amide bonds. The molecule has 9 nitrogen and oxygen atoms in total. The summed E-state index contributed by atoms with van der Waals surface area (Å²) in [5, 5.41) is 11.9. The monoisotopic (exact) mass is 440 g/mol. The van der Waals surface area contributed by atoms with Gasteiger partial charge in [-0.25, -0.2) is 4.79 Å². The van der Waals surface area contributed by atoms with E-state index in [9.17, 15) is 4.79 Å². The topological polar surface area (TPSA) is 83.1 Å². The van der Waals surface area contributed by atoms with Crippen LogP contribution in [0.3, 0.4) is 0 Å². The van der Waals surface area contributed by atoms with Crippen molar-refractivity contribution < 1.29 is 14.3 Å². The number of carbonyl (C=O) groups is 1. The second kappa shape index (κ2) is 10.4. The number of aromatic nitrogens is 2. The number of nitrogens with one attached hydrogen (secondary N) is 1. The van der Waals surface area contributed by atoms with Crippen molar-refractivity contribution >= 4 is 23.4 Å². The number of amides is 2. The fraction of sp³-hybridized carbons (Fsp3) is 0.522. The summed E-state index contributed by atoms with van der Waals surface area (Å²) in [5.74, 6) is 2.91. The van der Waals surface area contributed by atoms with E-state index in [2.05, 4.69) is 31.4 Å². The Morgan fingerprint density at radius 2 is 1.44 bits per heavy atom. The summed E-state index contributed by atoms with van der Waals surface area (Å²) in [6.45, 7) is 4.74. The summed E-state index contributed by atoms with van der Waals surface area (Å²) in [6.07, 6.45) is 5.03. The molecule has 1 aromatic heterocycles. The molecule has 2 aromatic rings. The molecule has 0 unspecified atom stereocenters. The van der Waals surface area contributed by atoms with E-state index in [-0.39, 0.29) is 6.03 Å². The van der Waals surface area contributed by atoms with Crippen molar-refractivity contribution in [3.05, 3.63) is 30.3 Å². The molecule has 2 fully saturated rings. The molecule has 0 atom stereocenters. The lowest BCUT2D eigenvalue weighted by Crippen LogP contribution is -2.50. The molecule has 172 valence electrons. The molecule has 9 heteroatoms. The van der Waals surface area contributed by atoms with Gasteiger partial charge in [0.25, 0.3) is 0 Å². The van der Waals surface area contributed by atoms with Gasteiger partial charge in [0.1, 0.15) is 0 Å². The molecule has 0 bridgehead atoms. The number of urea groups is 1. The quantitative estimate of drug-likeness (QED) is 0.764. The molecular weight excluding hydrogens is 408 g/mol. The third-order valence-corrected chi connectivity index (χ3v) is 6.10. The van der Waals surface area contributed by atoms with Crippen molar-refractivity contribution in [2.24, 2.45) is 0 Å². The van der Waals surface area contributed by atoms with Crippen LogP contribution < -0.4 is 24.6 Å². The number of rotatable bonds is 5. The lowest BCUT2D eigenvalue weighted by atomic mass is 10.2. The number of hydrogen-bond donors (Lipinski definition) is 1. The molecule has 3 heterocycles. The first-order valence-electron chi connectivity index (χ1n) is 11.3. The Morgan fingerprint density at radius 1 is 0.812 bits per heavy atom. The van der Waals surface area contributed by atoms with Gasteiger partial charge in [0.05, 0.1) is 19.9 Å². The van der Waals surface area contributed by atoms with Gasteiger partial charge in [-0.15, -0.1) is 10.2 Å². The Labute approximate surface area is 189 Å². The third kappa shape index (κ3) is 4.98. The van der Waals surface area contributed by atoms with Gasteiger partial charge in [-0.1, -0.05) is 18.9 Å². The summed E-state index contributed by atoms with van der Waals surface area (Å²) in [4.78, 5) is 19.1. The zero-order chi connectivity index (χ0) is 22.3. The number of hydrogen-bond acceptors (Lipinski definition) is 7. The summed E-state index contributed by atoms with van der Waals surface area (Å²) < 4.78 is 10.7. The lowest BCUT2D eigenvalue weighted by molar-refractivity contribution is 0.208. The van der Waals surface area contributed by atoms with Crippen LogP contribution in [-0.2, 0) is 0 Å². The molecule has 2 aliphatic heterocycles. The average Bonchev–Trinajstić information content (AvgIpc) is 3.14. The molecule has 0 saturated carbocycles. The van der Waals surface area contributed by atoms with Crippen LogP contribution in [0, 0.1) is 0 Å². The predicted molar refractivity (Wildman–Crippen MR) is 125 cm³/mol. The van der Waals surface area contributed by atoms with Crippen molar-refractivity contribution in [3.63, 3.8) is 0 Å². The molecule has 2 saturated heterocycles. The summed E-state index contributed by atoms with van der Waals surface area (Å²) in [6, 6.07) is 9.39. The van der Waals surface area contributed by atoms with E-state index >= 15 is 0 Å². The van der Waals surface area contributed by atoms with E-state index in [0.717, 1.165) is 24.7 Å². The van der Waals surface area contributed by atoms with E-state index in [1.165, 1.54) is 25.7 Å². The molecule has 1 aromatic carbocycles. The van der Waals surface area contributed by atoms with Crippen LogP contribution in [0.1, 0.15) is 25.7 Å². The number of methoxy groups -OCH3 is 2. The summed E-state index contributed by atoms with van der Waals surface area (Å²) in [5.41, 5.74) is 0.592. The zero-order valence-electron chi connectivity index (χ0n) is 18.9. The van der Waals surface area contributed by atoms with Gasteiger partial charge in [0.2, 0.25) is 0 Å². The second-order valence-corrected chi connectivity index (χ2v) is 8.10. The normalized spacial score (nSPS) is 17.0. The highest BCUT2D eigenvalue weighted by Crippen LogP contribution is 2.34. The van der Waals surface area contributed by atoms with Crippen LogP contribution in [-0.4, -0.2) is 74.6 Å². The molecular formula is C23H32N6O3. The first-order chi connectivity index (χ1) is 15.7. The van der Waals surface area contributed by atoms with Crippen molar-refractivity contribution in [1.29, 1.82) is 0 Å². The van der Waals surface area contributed by atoms with Gasteiger partial charge in [0, 0.05) is 39.3 Å². The summed E-state index contributed by atoms with van der Waals surface area (Å²) in [7, 11) is 3.14. The first-order valence-corrected chi connectivity index (χ1v) is 11.3. The minimum Gasteiger partial charge on any atom is -0.493 e. The molecule has 0 radical (unpaired) electrons. The number of piperazine rings is 1. The smallest absolute Gasteiger partial charge is 0.322 e. The van der Waals surface area contributed by atoms with Gasteiger partial charge in [-0.05, 0) is 37.1 Å². The number of para-hydroxylation sites is 1. The van der Waals surface area contributed by atoms with Crippen LogP contribution in [0.5, 0.6) is 11.5 Å². The average molecular weight is 441 g/mol. The Balaban J connectivity index is 1.32. The first kappa shape index (κ1) is 22.0. The van der Waals surface area contributed by atoms with Gasteiger partial charge < -0.3 is 29.5 Å². The highest BCUT2D eigenvalue weighted by molar-refractivity contribution is 5.91. The largest absolute Gasteiger partial charge is 0.493 e. The number of benzene rings is 1. The Morgan fingerprint density at radius 3 is 2.00 bits per heavy atom. The van der Waals surface area contributed by atoms with Crippen molar-refractivity contribution in [1.82, 2.24) is 15.1 Å². The van der Waals surface area contributed by atoms with Crippen LogP contribution in [0.25, 0.3) is 0 Å². The van der Waals surface area contributed by atoms with Gasteiger partial charge in [-0.2, -0.15) is 0 Å². The molecule has 1 N–H and O–H groups in total. The zero-order valence-corrected chi connectivity index (χ0v) is 18.9. The molecule has 2 aliphatic rings. The maximum atomic E-state index is 12.8. The van der Waals surface area contributed by atoms with E-state index in [4.69, 9.17) is 9.47 Å². The minimum absolute atomic E-state index is 0.154. The Bertz CT molecular complexity index is 891. The molecule has 4 rings (SSSR count). The van der Waals surface area contributed by atoms with Crippen molar-refractivity contribution in [2.75, 3.05) is 68.6 Å². The van der Waals surface area contributed by atoms with E-state index in [0.29, 0.717) is 43.4 Å². The van der Waals surface area contributed by atoms with Crippen LogP contribution >= 0.6 is 0 Å². The highest BCUT2D eigenvalue weighted by atomic mass is 16.5. The van der Waals surface area contributed by atoms with Gasteiger partial charge in [-0.3, -0.25) is 0 Å². The maximum Gasteiger partial charge on any atom is 0.322 e. The van der Waals surface area contributed by atoms with Crippen molar-refractivity contribution in [3.8, 4) is 11.5 Å². The van der Waals surface area contributed by atoms with E-state index in [1.54, 1.807) is 31.3 Å². The molecule has 0 spiro atoms. The maximum absolute atomic E-state index is 12.8. The van der Waals surface area contributed by atoms with E-state index in [1.807, 2.05) is 12.1 Å². The molecule has 32 heavy (non-hydrogen) atoms. The Hall–Kier alpha value is -3.23. The number of carbonyl (C=O) groups excluding carboxylic acids is 1.